The van der Waals surface area contributed by atoms with Gasteiger partial charge in [0.05, 0.1) is 0 Å². The molecule has 3 heteroatoms. The Morgan fingerprint density at radius 3 is 2.20 bits per heavy atom. The molecule has 2 aliphatic rings. The molecule has 20 heavy (non-hydrogen) atoms. The molecular formula is C17H33NO2. The molecule has 1 saturated heterocycles. The van der Waals surface area contributed by atoms with Crippen LogP contribution in [0.4, 0.5) is 0 Å². The van der Waals surface area contributed by atoms with E-state index in [0.29, 0.717) is 11.3 Å². The molecule has 0 aromatic heterocycles. The monoisotopic (exact) mass is 283 g/mol. The van der Waals surface area contributed by atoms with E-state index in [-0.39, 0.29) is 11.8 Å². The van der Waals surface area contributed by atoms with Crippen LogP contribution in [0.25, 0.3) is 0 Å². The lowest BCUT2D eigenvalue weighted by molar-refractivity contribution is -0.126. The smallest absolute Gasteiger partial charge is 0.223 e. The van der Waals surface area contributed by atoms with E-state index in [1.165, 1.54) is 12.8 Å². The SMILES string of the molecule is CC.CC1(C)CCC(C(=O)NCC2CCOCC2)CC1. The van der Waals surface area contributed by atoms with Crippen LogP contribution in [-0.2, 0) is 9.53 Å². The summed E-state index contributed by atoms with van der Waals surface area (Å²) in [6, 6.07) is 0. The molecule has 0 aromatic rings. The first-order valence-corrected chi connectivity index (χ1v) is 8.42. The Labute approximate surface area is 124 Å². The van der Waals surface area contributed by atoms with Gasteiger partial charge in [-0.3, -0.25) is 4.79 Å². The summed E-state index contributed by atoms with van der Waals surface area (Å²) in [5.74, 6) is 1.18. The Hall–Kier alpha value is -0.570. The third-order valence-electron chi connectivity index (χ3n) is 4.62. The number of ether oxygens (including phenoxy) is 1. The van der Waals surface area contributed by atoms with E-state index in [1.54, 1.807) is 0 Å². The summed E-state index contributed by atoms with van der Waals surface area (Å²) >= 11 is 0. The number of carbonyl (C=O) groups excluding carboxylic acids is 1. The van der Waals surface area contributed by atoms with Gasteiger partial charge >= 0.3 is 0 Å². The van der Waals surface area contributed by atoms with Crippen LogP contribution in [0.1, 0.15) is 66.2 Å². The van der Waals surface area contributed by atoms with Gasteiger partial charge in [-0.1, -0.05) is 27.7 Å². The average Bonchev–Trinajstić information content (AvgIpc) is 2.48. The van der Waals surface area contributed by atoms with Gasteiger partial charge in [-0.05, 0) is 49.9 Å². The maximum atomic E-state index is 12.1. The minimum atomic E-state index is 0.262. The van der Waals surface area contributed by atoms with Crippen LogP contribution in [0.5, 0.6) is 0 Å². The first-order valence-electron chi connectivity index (χ1n) is 8.42. The fourth-order valence-corrected chi connectivity index (χ4v) is 3.00. The van der Waals surface area contributed by atoms with E-state index in [0.717, 1.165) is 45.4 Å². The maximum absolute atomic E-state index is 12.1. The largest absolute Gasteiger partial charge is 0.381 e. The van der Waals surface area contributed by atoms with Crippen molar-refractivity contribution in [3.8, 4) is 0 Å². The lowest BCUT2D eigenvalue weighted by Gasteiger charge is -2.34. The molecule has 3 nitrogen and oxygen atoms in total. The van der Waals surface area contributed by atoms with Crippen molar-refractivity contribution in [3.63, 3.8) is 0 Å². The summed E-state index contributed by atoms with van der Waals surface area (Å²) in [6.45, 7) is 11.2. The van der Waals surface area contributed by atoms with Crippen molar-refractivity contribution in [2.24, 2.45) is 17.3 Å². The van der Waals surface area contributed by atoms with Crippen LogP contribution >= 0.6 is 0 Å². The first kappa shape index (κ1) is 17.5. The molecule has 0 bridgehead atoms. The maximum Gasteiger partial charge on any atom is 0.223 e. The zero-order chi connectivity index (χ0) is 15.0. The number of amides is 1. The molecule has 2 fully saturated rings. The fraction of sp³-hybridized carbons (Fsp3) is 0.941. The van der Waals surface area contributed by atoms with Crippen molar-refractivity contribution >= 4 is 5.91 Å². The number of hydrogen-bond donors (Lipinski definition) is 1. The molecule has 118 valence electrons. The molecular weight excluding hydrogens is 250 g/mol. The quantitative estimate of drug-likeness (QED) is 0.856. The van der Waals surface area contributed by atoms with Crippen molar-refractivity contribution in [3.05, 3.63) is 0 Å². The predicted octanol–water partition coefficient (Wildman–Crippen LogP) is 3.77. The Kier molecular flexibility index (Phi) is 7.57. The molecule has 0 unspecified atom stereocenters. The Morgan fingerprint density at radius 1 is 1.10 bits per heavy atom. The number of hydrogen-bond acceptors (Lipinski definition) is 2. The van der Waals surface area contributed by atoms with Gasteiger partial charge in [0.25, 0.3) is 0 Å². The number of carbonyl (C=O) groups is 1. The molecule has 1 amide bonds. The molecule has 1 heterocycles. The molecule has 2 rings (SSSR count). The van der Waals surface area contributed by atoms with Gasteiger partial charge in [0, 0.05) is 25.7 Å². The van der Waals surface area contributed by atoms with Crippen LogP contribution in [0.15, 0.2) is 0 Å². The van der Waals surface area contributed by atoms with E-state index < -0.39 is 0 Å². The van der Waals surface area contributed by atoms with Crippen LogP contribution in [0, 0.1) is 17.3 Å². The molecule has 1 aliphatic heterocycles. The summed E-state index contributed by atoms with van der Waals surface area (Å²) in [5.41, 5.74) is 0.442. The normalized spacial score (nSPS) is 23.6. The van der Waals surface area contributed by atoms with Gasteiger partial charge in [-0.2, -0.15) is 0 Å². The lowest BCUT2D eigenvalue weighted by Crippen LogP contribution is -2.38. The van der Waals surface area contributed by atoms with Crippen LogP contribution in [-0.4, -0.2) is 25.7 Å². The summed E-state index contributed by atoms with van der Waals surface area (Å²) in [7, 11) is 0. The third kappa shape index (κ3) is 5.82. The Balaban J connectivity index is 0.000000956. The highest BCUT2D eigenvalue weighted by molar-refractivity contribution is 5.78. The lowest BCUT2D eigenvalue weighted by atomic mass is 9.73. The van der Waals surface area contributed by atoms with Crippen LogP contribution < -0.4 is 5.32 Å². The minimum Gasteiger partial charge on any atom is -0.381 e. The third-order valence-corrected chi connectivity index (χ3v) is 4.62. The van der Waals surface area contributed by atoms with E-state index in [9.17, 15) is 4.79 Å². The second kappa shape index (κ2) is 8.66. The molecule has 0 spiro atoms. The second-order valence-corrected chi connectivity index (χ2v) is 6.74. The predicted molar refractivity (Wildman–Crippen MR) is 83.6 cm³/mol. The van der Waals surface area contributed by atoms with Crippen molar-refractivity contribution in [2.45, 2.75) is 66.2 Å². The van der Waals surface area contributed by atoms with E-state index >= 15 is 0 Å². The van der Waals surface area contributed by atoms with E-state index in [4.69, 9.17) is 4.74 Å². The topological polar surface area (TPSA) is 38.3 Å². The average molecular weight is 283 g/mol. The van der Waals surface area contributed by atoms with Gasteiger partial charge in [0.2, 0.25) is 5.91 Å². The summed E-state index contributed by atoms with van der Waals surface area (Å²) in [4.78, 5) is 12.1. The Morgan fingerprint density at radius 2 is 1.65 bits per heavy atom. The molecule has 0 radical (unpaired) electrons. The number of rotatable bonds is 3. The first-order chi connectivity index (χ1) is 9.57. The van der Waals surface area contributed by atoms with Crippen molar-refractivity contribution in [2.75, 3.05) is 19.8 Å². The summed E-state index contributed by atoms with van der Waals surface area (Å²) < 4.78 is 5.33. The standard InChI is InChI=1S/C15H27NO2.C2H6/c1-15(2)7-3-13(4-8-15)14(17)16-11-12-5-9-18-10-6-12;1-2/h12-13H,3-11H2,1-2H3,(H,16,17);1-2H3. The van der Waals surface area contributed by atoms with Crippen LogP contribution in [0.2, 0.25) is 0 Å². The van der Waals surface area contributed by atoms with E-state index in [1.807, 2.05) is 13.8 Å². The van der Waals surface area contributed by atoms with Crippen molar-refractivity contribution in [1.29, 1.82) is 0 Å². The molecule has 1 saturated carbocycles. The molecule has 0 aromatic carbocycles. The Bertz CT molecular complexity index is 273. The zero-order valence-corrected chi connectivity index (χ0v) is 13.8. The van der Waals surface area contributed by atoms with Gasteiger partial charge < -0.3 is 10.1 Å². The van der Waals surface area contributed by atoms with Gasteiger partial charge in [0.15, 0.2) is 0 Å². The highest BCUT2D eigenvalue weighted by Gasteiger charge is 2.30. The highest BCUT2D eigenvalue weighted by atomic mass is 16.5. The summed E-state index contributed by atoms with van der Waals surface area (Å²) in [6.07, 6.45) is 6.68. The van der Waals surface area contributed by atoms with Gasteiger partial charge in [-0.25, -0.2) is 0 Å². The van der Waals surface area contributed by atoms with E-state index in [2.05, 4.69) is 19.2 Å². The van der Waals surface area contributed by atoms with Crippen molar-refractivity contribution in [1.82, 2.24) is 5.32 Å². The molecule has 0 atom stereocenters. The van der Waals surface area contributed by atoms with Crippen LogP contribution in [0.3, 0.4) is 0 Å². The van der Waals surface area contributed by atoms with Gasteiger partial charge in [0.1, 0.15) is 0 Å². The molecule has 1 N–H and O–H groups in total. The summed E-state index contributed by atoms with van der Waals surface area (Å²) in [5, 5.41) is 3.15. The zero-order valence-electron chi connectivity index (χ0n) is 13.8. The molecule has 1 aliphatic carbocycles. The highest BCUT2D eigenvalue weighted by Crippen LogP contribution is 2.37. The number of nitrogens with one attached hydrogen (secondary N) is 1. The fourth-order valence-electron chi connectivity index (χ4n) is 3.00. The minimum absolute atomic E-state index is 0.262. The van der Waals surface area contributed by atoms with Crippen molar-refractivity contribution < 1.29 is 9.53 Å². The second-order valence-electron chi connectivity index (χ2n) is 6.74. The van der Waals surface area contributed by atoms with Gasteiger partial charge in [-0.15, -0.1) is 0 Å².